The first-order chi connectivity index (χ1) is 16.1. The smallest absolute Gasteiger partial charge is 0.338 e. The molecule has 0 unspecified atom stereocenters. The number of esters is 2. The Morgan fingerprint density at radius 1 is 0.576 bits per heavy atom. The summed E-state index contributed by atoms with van der Waals surface area (Å²) in [6, 6.07) is 23.1. The van der Waals surface area contributed by atoms with Crippen LogP contribution in [0.15, 0.2) is 72.8 Å². The van der Waals surface area contributed by atoms with Gasteiger partial charge in [-0.3, -0.25) is 0 Å². The molecular formula is C27H24O6. The van der Waals surface area contributed by atoms with E-state index in [0.29, 0.717) is 11.1 Å². The van der Waals surface area contributed by atoms with Crippen molar-refractivity contribution in [1.82, 2.24) is 0 Å². The quantitative estimate of drug-likeness (QED) is 0.401. The van der Waals surface area contributed by atoms with E-state index in [0.717, 1.165) is 39.1 Å². The highest BCUT2D eigenvalue weighted by atomic mass is 16.5. The first-order valence-corrected chi connectivity index (χ1v) is 10.7. The van der Waals surface area contributed by atoms with Gasteiger partial charge in [0.1, 0.15) is 13.2 Å². The van der Waals surface area contributed by atoms with Gasteiger partial charge in [0, 0.05) is 0 Å². The van der Waals surface area contributed by atoms with Crippen LogP contribution in [0.2, 0.25) is 0 Å². The zero-order valence-corrected chi connectivity index (χ0v) is 18.0. The van der Waals surface area contributed by atoms with E-state index in [9.17, 15) is 9.59 Å². The molecule has 4 rings (SSSR count). The number of fused-ring (bicyclic) bond motifs is 2. The Bertz CT molecular complexity index is 1210. The third-order valence-corrected chi connectivity index (χ3v) is 5.34. The van der Waals surface area contributed by atoms with E-state index in [-0.39, 0.29) is 26.4 Å². The molecule has 0 aliphatic rings. The van der Waals surface area contributed by atoms with E-state index < -0.39 is 11.9 Å². The van der Waals surface area contributed by atoms with Crippen LogP contribution < -0.4 is 0 Å². The summed E-state index contributed by atoms with van der Waals surface area (Å²) in [4.78, 5) is 24.0. The van der Waals surface area contributed by atoms with Crippen LogP contribution in [0.3, 0.4) is 0 Å². The average molecular weight is 444 g/mol. The molecule has 168 valence electrons. The second-order valence-corrected chi connectivity index (χ2v) is 7.69. The maximum Gasteiger partial charge on any atom is 0.338 e. The minimum atomic E-state index is -0.448. The standard InChI is InChI=1S/C27H24O6/c28-9-11-32-26(30)24-7-5-20-14-18(1-3-22(20)16-24)13-19-2-4-23-17-25(8-6-21(23)15-19)27(31)33-12-10-29/h1-8,14-17,28-29H,9-13H2. The van der Waals surface area contributed by atoms with Crippen molar-refractivity contribution in [3.05, 3.63) is 95.1 Å². The van der Waals surface area contributed by atoms with Crippen molar-refractivity contribution in [1.29, 1.82) is 0 Å². The molecule has 0 aromatic heterocycles. The fourth-order valence-corrected chi connectivity index (χ4v) is 3.74. The third-order valence-electron chi connectivity index (χ3n) is 5.34. The molecule has 0 spiro atoms. The summed E-state index contributed by atoms with van der Waals surface area (Å²) in [5.74, 6) is -0.896. The molecule has 0 saturated carbocycles. The second-order valence-electron chi connectivity index (χ2n) is 7.69. The van der Waals surface area contributed by atoms with Crippen molar-refractivity contribution in [2.24, 2.45) is 0 Å². The molecule has 2 N–H and O–H groups in total. The van der Waals surface area contributed by atoms with Crippen LogP contribution in [-0.4, -0.2) is 48.6 Å². The van der Waals surface area contributed by atoms with E-state index in [4.69, 9.17) is 19.7 Å². The Kier molecular flexibility index (Phi) is 6.98. The molecule has 0 amide bonds. The summed E-state index contributed by atoms with van der Waals surface area (Å²) in [6.45, 7) is -0.432. The Morgan fingerprint density at radius 3 is 1.39 bits per heavy atom. The number of hydrogen-bond donors (Lipinski definition) is 2. The second kappa shape index (κ2) is 10.3. The maximum absolute atomic E-state index is 12.0. The van der Waals surface area contributed by atoms with Gasteiger partial charge >= 0.3 is 11.9 Å². The van der Waals surface area contributed by atoms with Crippen LogP contribution in [0.5, 0.6) is 0 Å². The lowest BCUT2D eigenvalue weighted by molar-refractivity contribution is 0.0427. The van der Waals surface area contributed by atoms with E-state index in [2.05, 4.69) is 12.1 Å². The van der Waals surface area contributed by atoms with Crippen LogP contribution in [0.4, 0.5) is 0 Å². The van der Waals surface area contributed by atoms with Gasteiger partial charge in [-0.25, -0.2) is 9.59 Å². The minimum Gasteiger partial charge on any atom is -0.460 e. The predicted molar refractivity (Wildman–Crippen MR) is 125 cm³/mol. The zero-order valence-electron chi connectivity index (χ0n) is 18.0. The highest BCUT2D eigenvalue weighted by Crippen LogP contribution is 2.23. The summed E-state index contributed by atoms with van der Waals surface area (Å²) in [5.41, 5.74) is 3.19. The lowest BCUT2D eigenvalue weighted by Crippen LogP contribution is -2.08. The Hall–Kier alpha value is -3.74. The van der Waals surface area contributed by atoms with Crippen molar-refractivity contribution >= 4 is 33.5 Å². The van der Waals surface area contributed by atoms with Gasteiger partial charge in [0.2, 0.25) is 0 Å². The molecule has 6 nitrogen and oxygen atoms in total. The Morgan fingerprint density at radius 2 is 0.970 bits per heavy atom. The van der Waals surface area contributed by atoms with Crippen LogP contribution in [0.25, 0.3) is 21.5 Å². The Balaban J connectivity index is 1.51. The molecule has 0 aliphatic carbocycles. The molecule has 4 aromatic carbocycles. The first-order valence-electron chi connectivity index (χ1n) is 10.7. The molecule has 0 aliphatic heterocycles. The summed E-state index contributed by atoms with van der Waals surface area (Å²) in [7, 11) is 0. The topological polar surface area (TPSA) is 93.1 Å². The fourth-order valence-electron chi connectivity index (χ4n) is 3.74. The normalized spacial score (nSPS) is 11.0. The molecule has 6 heteroatoms. The number of hydrogen-bond acceptors (Lipinski definition) is 6. The van der Waals surface area contributed by atoms with Crippen molar-refractivity contribution in [3.63, 3.8) is 0 Å². The minimum absolute atomic E-state index is 0.0172. The van der Waals surface area contributed by atoms with Crippen LogP contribution in [-0.2, 0) is 15.9 Å². The number of carbonyl (C=O) groups excluding carboxylic acids is 2. The van der Waals surface area contributed by atoms with Crippen molar-refractivity contribution in [2.75, 3.05) is 26.4 Å². The summed E-state index contributed by atoms with van der Waals surface area (Å²) in [5, 5.41) is 21.5. The van der Waals surface area contributed by atoms with E-state index in [1.54, 1.807) is 24.3 Å². The lowest BCUT2D eigenvalue weighted by Gasteiger charge is -2.08. The van der Waals surface area contributed by atoms with E-state index >= 15 is 0 Å². The molecular weight excluding hydrogens is 420 g/mol. The van der Waals surface area contributed by atoms with Gasteiger partial charge < -0.3 is 19.7 Å². The number of aliphatic hydroxyl groups is 2. The van der Waals surface area contributed by atoms with Gasteiger partial charge in [0.15, 0.2) is 0 Å². The van der Waals surface area contributed by atoms with Gasteiger partial charge in [-0.15, -0.1) is 0 Å². The molecule has 4 aromatic rings. The summed E-state index contributed by atoms with van der Waals surface area (Å²) >= 11 is 0. The van der Waals surface area contributed by atoms with E-state index in [1.165, 1.54) is 0 Å². The first kappa shape index (κ1) is 22.5. The SMILES string of the molecule is O=C(OCCO)c1ccc2cc(Cc3ccc4cc(C(=O)OCCO)ccc4c3)ccc2c1. The monoisotopic (exact) mass is 444 g/mol. The number of rotatable bonds is 8. The van der Waals surface area contributed by atoms with E-state index in [1.807, 2.05) is 36.4 Å². The molecule has 0 atom stereocenters. The number of carbonyl (C=O) groups is 2. The van der Waals surface area contributed by atoms with Gasteiger partial charge in [0.05, 0.1) is 24.3 Å². The van der Waals surface area contributed by atoms with Gasteiger partial charge in [-0.05, 0) is 63.4 Å². The average Bonchev–Trinajstić information content (AvgIpc) is 2.85. The van der Waals surface area contributed by atoms with Crippen LogP contribution in [0, 0.1) is 0 Å². The molecule has 0 saturated heterocycles. The van der Waals surface area contributed by atoms with Crippen molar-refractivity contribution < 1.29 is 29.3 Å². The summed E-state index contributed by atoms with van der Waals surface area (Å²) < 4.78 is 9.95. The van der Waals surface area contributed by atoms with Crippen molar-refractivity contribution in [3.8, 4) is 0 Å². The van der Waals surface area contributed by atoms with Crippen LogP contribution >= 0.6 is 0 Å². The fraction of sp³-hybridized carbons (Fsp3) is 0.185. The van der Waals surface area contributed by atoms with Gasteiger partial charge in [0.25, 0.3) is 0 Å². The molecule has 33 heavy (non-hydrogen) atoms. The molecule has 0 fully saturated rings. The highest BCUT2D eigenvalue weighted by Gasteiger charge is 2.10. The van der Waals surface area contributed by atoms with Crippen LogP contribution in [0.1, 0.15) is 31.8 Å². The highest BCUT2D eigenvalue weighted by molar-refractivity contribution is 5.96. The van der Waals surface area contributed by atoms with Crippen molar-refractivity contribution in [2.45, 2.75) is 6.42 Å². The summed E-state index contributed by atoms with van der Waals surface area (Å²) in [6.07, 6.45) is 0.743. The maximum atomic E-state index is 12.0. The van der Waals surface area contributed by atoms with Gasteiger partial charge in [-0.2, -0.15) is 0 Å². The lowest BCUT2D eigenvalue weighted by atomic mass is 9.98. The zero-order chi connectivity index (χ0) is 23.2. The largest absolute Gasteiger partial charge is 0.460 e. The molecule has 0 bridgehead atoms. The number of aliphatic hydroxyl groups excluding tert-OH is 2. The third kappa shape index (κ3) is 5.37. The number of benzene rings is 4. The number of ether oxygens (including phenoxy) is 2. The molecule has 0 radical (unpaired) electrons. The molecule has 0 heterocycles. The van der Waals surface area contributed by atoms with Gasteiger partial charge in [-0.1, -0.05) is 48.5 Å². The predicted octanol–water partition coefficient (Wildman–Crippen LogP) is 3.88. The Labute approximate surface area is 191 Å².